The molecular formula is C12H16N2O. The van der Waals surface area contributed by atoms with E-state index in [1.54, 1.807) is 12.1 Å². The molecule has 1 heterocycles. The van der Waals surface area contributed by atoms with Crippen molar-refractivity contribution in [2.45, 2.75) is 26.2 Å². The fraction of sp³-hybridized carbons (Fsp3) is 0.417. The van der Waals surface area contributed by atoms with Gasteiger partial charge in [-0.2, -0.15) is 5.10 Å². The van der Waals surface area contributed by atoms with E-state index in [0.29, 0.717) is 5.75 Å². The number of hydrogen-bond acceptors (Lipinski definition) is 2. The molecule has 0 saturated carbocycles. The van der Waals surface area contributed by atoms with E-state index in [9.17, 15) is 5.11 Å². The summed E-state index contributed by atoms with van der Waals surface area (Å²) in [5, 5.41) is 15.0. The number of hydrogen-bond donors (Lipinski definition) is 1. The monoisotopic (exact) mass is 204 g/mol. The average molecular weight is 204 g/mol. The molecule has 0 aliphatic heterocycles. The van der Waals surface area contributed by atoms with Crippen molar-refractivity contribution in [3.63, 3.8) is 0 Å². The minimum Gasteiger partial charge on any atom is -0.508 e. The molecule has 3 heteroatoms. The van der Waals surface area contributed by atoms with Gasteiger partial charge in [0.2, 0.25) is 0 Å². The number of fused-ring (bicyclic) bond motifs is 1. The first-order chi connectivity index (χ1) is 6.89. The number of aryl methyl sites for hydroxylation is 1. The van der Waals surface area contributed by atoms with Crippen molar-refractivity contribution in [1.29, 1.82) is 0 Å². The van der Waals surface area contributed by atoms with E-state index in [2.05, 4.69) is 25.9 Å². The molecule has 80 valence electrons. The van der Waals surface area contributed by atoms with Crippen molar-refractivity contribution in [3.8, 4) is 5.75 Å². The summed E-state index contributed by atoms with van der Waals surface area (Å²) in [7, 11) is 1.94. The van der Waals surface area contributed by atoms with Gasteiger partial charge in [-0.05, 0) is 18.2 Å². The van der Waals surface area contributed by atoms with Crippen LogP contribution in [0.3, 0.4) is 0 Å². The highest BCUT2D eigenvalue weighted by Crippen LogP contribution is 2.31. The summed E-state index contributed by atoms with van der Waals surface area (Å²) in [5.41, 5.74) is 2.10. The predicted molar refractivity (Wildman–Crippen MR) is 61.1 cm³/mol. The average Bonchev–Trinajstić information content (AvgIpc) is 2.38. The van der Waals surface area contributed by atoms with E-state index >= 15 is 0 Å². The van der Waals surface area contributed by atoms with Crippen LogP contribution in [0.4, 0.5) is 0 Å². The molecule has 0 bridgehead atoms. The maximum Gasteiger partial charge on any atom is 0.116 e. The Labute approximate surface area is 89.3 Å². The van der Waals surface area contributed by atoms with Crippen LogP contribution in [0.5, 0.6) is 5.75 Å². The molecular weight excluding hydrogens is 188 g/mol. The van der Waals surface area contributed by atoms with Gasteiger partial charge in [0, 0.05) is 17.8 Å². The number of rotatable bonds is 0. The van der Waals surface area contributed by atoms with Crippen molar-refractivity contribution in [2.75, 3.05) is 0 Å². The second kappa shape index (κ2) is 2.99. The van der Waals surface area contributed by atoms with Gasteiger partial charge < -0.3 is 5.11 Å². The van der Waals surface area contributed by atoms with Crippen LogP contribution in [0.2, 0.25) is 0 Å². The Morgan fingerprint density at radius 2 is 1.93 bits per heavy atom. The number of aromatic nitrogens is 2. The Morgan fingerprint density at radius 1 is 1.27 bits per heavy atom. The summed E-state index contributed by atoms with van der Waals surface area (Å²) in [6, 6.07) is 5.30. The molecule has 0 atom stereocenters. The quantitative estimate of drug-likeness (QED) is 0.716. The summed E-state index contributed by atoms with van der Waals surface area (Å²) < 4.78 is 1.89. The molecule has 0 spiro atoms. The summed E-state index contributed by atoms with van der Waals surface area (Å²) in [6.07, 6.45) is 0. The lowest BCUT2D eigenvalue weighted by atomic mass is 9.89. The Kier molecular flexibility index (Phi) is 2.00. The van der Waals surface area contributed by atoms with Crippen LogP contribution in [-0.2, 0) is 12.5 Å². The van der Waals surface area contributed by atoms with Crippen LogP contribution in [0.15, 0.2) is 18.2 Å². The second-order valence-corrected chi connectivity index (χ2v) is 4.92. The molecule has 0 aliphatic carbocycles. The normalized spacial score (nSPS) is 12.3. The fourth-order valence-corrected chi connectivity index (χ4v) is 2.08. The Bertz CT molecular complexity index is 506. The van der Waals surface area contributed by atoms with Crippen LogP contribution in [0.25, 0.3) is 10.9 Å². The molecule has 1 N–H and O–H groups in total. The topological polar surface area (TPSA) is 38.0 Å². The molecule has 1 aromatic heterocycles. The Balaban J connectivity index is 2.82. The maximum absolute atomic E-state index is 9.49. The summed E-state index contributed by atoms with van der Waals surface area (Å²) in [4.78, 5) is 0. The van der Waals surface area contributed by atoms with Crippen LogP contribution in [0.1, 0.15) is 26.5 Å². The summed E-state index contributed by atoms with van der Waals surface area (Å²) >= 11 is 0. The van der Waals surface area contributed by atoms with Gasteiger partial charge in [-0.15, -0.1) is 0 Å². The van der Waals surface area contributed by atoms with Crippen molar-refractivity contribution in [1.82, 2.24) is 9.78 Å². The standard InChI is InChI=1S/C12H16N2O/c1-12(2,3)11-9-7-8(15)5-6-10(9)13-14(11)4/h5-7,15H,1-4H3. The van der Waals surface area contributed by atoms with Crippen molar-refractivity contribution in [3.05, 3.63) is 23.9 Å². The summed E-state index contributed by atoms with van der Waals surface area (Å²) in [6.45, 7) is 6.44. The molecule has 2 rings (SSSR count). The van der Waals surface area contributed by atoms with Crippen LogP contribution in [0, 0.1) is 0 Å². The van der Waals surface area contributed by atoms with Gasteiger partial charge >= 0.3 is 0 Å². The molecule has 0 amide bonds. The SMILES string of the molecule is Cn1nc2ccc(O)cc2c1C(C)(C)C. The first-order valence-corrected chi connectivity index (χ1v) is 5.06. The van der Waals surface area contributed by atoms with Gasteiger partial charge in [0.15, 0.2) is 0 Å². The van der Waals surface area contributed by atoms with E-state index in [4.69, 9.17) is 0 Å². The number of benzene rings is 1. The van der Waals surface area contributed by atoms with Crippen LogP contribution >= 0.6 is 0 Å². The number of nitrogens with zero attached hydrogens (tertiary/aromatic N) is 2. The van der Waals surface area contributed by atoms with Crippen molar-refractivity contribution in [2.24, 2.45) is 7.05 Å². The van der Waals surface area contributed by atoms with Gasteiger partial charge in [-0.1, -0.05) is 20.8 Å². The van der Waals surface area contributed by atoms with Gasteiger partial charge in [-0.3, -0.25) is 4.68 Å². The third-order valence-corrected chi connectivity index (χ3v) is 2.53. The maximum atomic E-state index is 9.49. The lowest BCUT2D eigenvalue weighted by molar-refractivity contribution is 0.476. The molecule has 0 fully saturated rings. The number of phenols is 1. The van der Waals surface area contributed by atoms with E-state index in [-0.39, 0.29) is 5.41 Å². The third kappa shape index (κ3) is 1.58. The number of phenolic OH excluding ortho intramolecular Hbond substituents is 1. The minimum atomic E-state index is 0.0251. The zero-order valence-electron chi connectivity index (χ0n) is 9.57. The lowest BCUT2D eigenvalue weighted by Gasteiger charge is -2.19. The highest BCUT2D eigenvalue weighted by Gasteiger charge is 2.22. The van der Waals surface area contributed by atoms with Crippen molar-refractivity contribution < 1.29 is 5.11 Å². The van der Waals surface area contributed by atoms with Crippen LogP contribution in [-0.4, -0.2) is 14.9 Å². The third-order valence-electron chi connectivity index (χ3n) is 2.53. The molecule has 0 aliphatic rings. The van der Waals surface area contributed by atoms with E-state index in [1.165, 1.54) is 0 Å². The first kappa shape index (κ1) is 10.0. The predicted octanol–water partition coefficient (Wildman–Crippen LogP) is 2.58. The first-order valence-electron chi connectivity index (χ1n) is 5.06. The van der Waals surface area contributed by atoms with Gasteiger partial charge in [0.05, 0.1) is 11.2 Å². The smallest absolute Gasteiger partial charge is 0.116 e. The zero-order valence-corrected chi connectivity index (χ0v) is 9.57. The molecule has 3 nitrogen and oxygen atoms in total. The Morgan fingerprint density at radius 3 is 2.53 bits per heavy atom. The van der Waals surface area contributed by atoms with E-state index in [0.717, 1.165) is 16.6 Å². The Hall–Kier alpha value is -1.51. The molecule has 0 saturated heterocycles. The summed E-state index contributed by atoms with van der Waals surface area (Å²) in [5.74, 6) is 0.293. The number of aromatic hydroxyl groups is 1. The van der Waals surface area contributed by atoms with E-state index in [1.807, 2.05) is 17.8 Å². The van der Waals surface area contributed by atoms with Crippen molar-refractivity contribution >= 4 is 10.9 Å². The largest absolute Gasteiger partial charge is 0.508 e. The molecule has 1 aromatic carbocycles. The fourth-order valence-electron chi connectivity index (χ4n) is 2.08. The second-order valence-electron chi connectivity index (χ2n) is 4.92. The minimum absolute atomic E-state index is 0.0251. The molecule has 2 aromatic rings. The molecule has 15 heavy (non-hydrogen) atoms. The van der Waals surface area contributed by atoms with Crippen LogP contribution < -0.4 is 0 Å². The molecule has 0 unspecified atom stereocenters. The van der Waals surface area contributed by atoms with E-state index < -0.39 is 0 Å². The van der Waals surface area contributed by atoms with Gasteiger partial charge in [0.25, 0.3) is 0 Å². The zero-order chi connectivity index (χ0) is 11.2. The molecule has 0 radical (unpaired) electrons. The van der Waals surface area contributed by atoms with Gasteiger partial charge in [0.1, 0.15) is 5.75 Å². The lowest BCUT2D eigenvalue weighted by Crippen LogP contribution is -2.16. The highest BCUT2D eigenvalue weighted by atomic mass is 16.3. The highest BCUT2D eigenvalue weighted by molar-refractivity contribution is 5.83. The van der Waals surface area contributed by atoms with Gasteiger partial charge in [-0.25, -0.2) is 0 Å².